The molecule has 70 valence electrons. The molecule has 0 saturated carbocycles. The zero-order valence-corrected chi connectivity index (χ0v) is 8.84. The SMILES string of the molecule is CC(=NN(C)C)c1ccc(Cl)cc1. The van der Waals surface area contributed by atoms with E-state index in [0.29, 0.717) is 0 Å². The van der Waals surface area contributed by atoms with Gasteiger partial charge in [-0.3, -0.25) is 0 Å². The van der Waals surface area contributed by atoms with Crippen molar-refractivity contribution in [3.05, 3.63) is 34.9 Å². The molecule has 0 saturated heterocycles. The number of benzene rings is 1. The molecule has 0 bridgehead atoms. The van der Waals surface area contributed by atoms with Gasteiger partial charge < -0.3 is 5.01 Å². The predicted octanol–water partition coefficient (Wildman–Crippen LogP) is 2.63. The lowest BCUT2D eigenvalue weighted by atomic mass is 10.1. The van der Waals surface area contributed by atoms with Gasteiger partial charge in [0.15, 0.2) is 0 Å². The standard InChI is InChI=1S/C10H13ClN2/c1-8(12-13(2)3)9-4-6-10(11)7-5-9/h4-7H,1-3H3. The number of hydrogen-bond donors (Lipinski definition) is 0. The van der Waals surface area contributed by atoms with E-state index < -0.39 is 0 Å². The molecule has 0 spiro atoms. The summed E-state index contributed by atoms with van der Waals surface area (Å²) in [5.41, 5.74) is 2.08. The fourth-order valence-corrected chi connectivity index (χ4v) is 1.17. The highest BCUT2D eigenvalue weighted by Gasteiger charge is 1.96. The van der Waals surface area contributed by atoms with Crippen molar-refractivity contribution in [3.63, 3.8) is 0 Å². The van der Waals surface area contributed by atoms with Gasteiger partial charge in [0.05, 0.1) is 5.71 Å². The summed E-state index contributed by atoms with van der Waals surface area (Å²) in [6.45, 7) is 1.98. The van der Waals surface area contributed by atoms with Gasteiger partial charge in [-0.2, -0.15) is 5.10 Å². The van der Waals surface area contributed by atoms with Gasteiger partial charge in [0.2, 0.25) is 0 Å². The van der Waals surface area contributed by atoms with Crippen LogP contribution in [0.25, 0.3) is 0 Å². The number of hydrogen-bond acceptors (Lipinski definition) is 2. The molecule has 0 amide bonds. The molecule has 1 rings (SSSR count). The van der Waals surface area contributed by atoms with E-state index in [2.05, 4.69) is 5.10 Å². The van der Waals surface area contributed by atoms with Gasteiger partial charge >= 0.3 is 0 Å². The normalized spacial score (nSPS) is 11.5. The molecule has 0 heterocycles. The summed E-state index contributed by atoms with van der Waals surface area (Å²) in [6, 6.07) is 7.66. The molecule has 0 atom stereocenters. The van der Waals surface area contributed by atoms with Crippen LogP contribution in [0, 0.1) is 0 Å². The minimum atomic E-state index is 0.751. The number of halogens is 1. The maximum Gasteiger partial charge on any atom is 0.0646 e. The van der Waals surface area contributed by atoms with Crippen molar-refractivity contribution in [1.82, 2.24) is 5.01 Å². The highest BCUT2D eigenvalue weighted by Crippen LogP contribution is 2.10. The Morgan fingerprint density at radius 1 is 1.23 bits per heavy atom. The third-order valence-corrected chi connectivity index (χ3v) is 1.86. The molecule has 0 N–H and O–H groups in total. The van der Waals surface area contributed by atoms with E-state index in [1.807, 2.05) is 45.3 Å². The second kappa shape index (κ2) is 4.28. The van der Waals surface area contributed by atoms with Gasteiger partial charge in [-0.15, -0.1) is 0 Å². The van der Waals surface area contributed by atoms with Crippen LogP contribution in [0.5, 0.6) is 0 Å². The summed E-state index contributed by atoms with van der Waals surface area (Å²) in [6.07, 6.45) is 0. The summed E-state index contributed by atoms with van der Waals surface area (Å²) in [7, 11) is 3.80. The van der Waals surface area contributed by atoms with Crippen LogP contribution in [0.2, 0.25) is 5.02 Å². The number of hydrazone groups is 1. The monoisotopic (exact) mass is 196 g/mol. The minimum absolute atomic E-state index is 0.751. The first kappa shape index (κ1) is 10.1. The molecule has 0 aromatic heterocycles. The van der Waals surface area contributed by atoms with Crippen LogP contribution in [-0.4, -0.2) is 24.8 Å². The summed E-state index contributed by atoms with van der Waals surface area (Å²) in [5.74, 6) is 0. The zero-order chi connectivity index (χ0) is 9.84. The molecule has 13 heavy (non-hydrogen) atoms. The van der Waals surface area contributed by atoms with Crippen molar-refractivity contribution in [2.45, 2.75) is 6.92 Å². The molecular formula is C10H13ClN2. The van der Waals surface area contributed by atoms with Gasteiger partial charge in [-0.1, -0.05) is 23.7 Å². The van der Waals surface area contributed by atoms with Crippen molar-refractivity contribution < 1.29 is 0 Å². The maximum atomic E-state index is 5.77. The molecule has 0 radical (unpaired) electrons. The van der Waals surface area contributed by atoms with Crippen molar-refractivity contribution in [1.29, 1.82) is 0 Å². The molecule has 0 aliphatic rings. The Labute approximate surface area is 83.8 Å². The lowest BCUT2D eigenvalue weighted by Gasteiger charge is -2.07. The van der Waals surface area contributed by atoms with Crippen LogP contribution in [0.3, 0.4) is 0 Å². The quantitative estimate of drug-likeness (QED) is 0.525. The third kappa shape index (κ3) is 3.07. The molecular weight excluding hydrogens is 184 g/mol. The van der Waals surface area contributed by atoms with E-state index >= 15 is 0 Å². The highest BCUT2D eigenvalue weighted by atomic mass is 35.5. The molecule has 3 heteroatoms. The third-order valence-electron chi connectivity index (χ3n) is 1.61. The maximum absolute atomic E-state index is 5.77. The smallest absolute Gasteiger partial charge is 0.0646 e. The molecule has 0 unspecified atom stereocenters. The van der Waals surface area contributed by atoms with Crippen molar-refractivity contribution in [3.8, 4) is 0 Å². The summed E-state index contributed by atoms with van der Waals surface area (Å²) in [4.78, 5) is 0. The Bertz CT molecular complexity index is 301. The average Bonchev–Trinajstić information content (AvgIpc) is 2.04. The molecule has 1 aromatic carbocycles. The average molecular weight is 197 g/mol. The Kier molecular flexibility index (Phi) is 3.32. The molecule has 0 aliphatic heterocycles. The largest absolute Gasteiger partial charge is 0.303 e. The van der Waals surface area contributed by atoms with Crippen LogP contribution in [-0.2, 0) is 0 Å². The summed E-state index contributed by atoms with van der Waals surface area (Å²) in [5, 5.41) is 6.82. The van der Waals surface area contributed by atoms with Crippen molar-refractivity contribution in [2.24, 2.45) is 5.10 Å². The predicted molar refractivity (Wildman–Crippen MR) is 57.4 cm³/mol. The van der Waals surface area contributed by atoms with Crippen LogP contribution < -0.4 is 0 Å². The molecule has 1 aromatic rings. The summed E-state index contributed by atoms with van der Waals surface area (Å²) >= 11 is 5.77. The zero-order valence-electron chi connectivity index (χ0n) is 8.08. The number of rotatable bonds is 2. The first-order valence-corrected chi connectivity index (χ1v) is 4.46. The Morgan fingerprint density at radius 2 is 1.77 bits per heavy atom. The van der Waals surface area contributed by atoms with E-state index in [4.69, 9.17) is 11.6 Å². The lowest BCUT2D eigenvalue weighted by Crippen LogP contribution is -2.07. The van der Waals surface area contributed by atoms with Gasteiger partial charge in [0.1, 0.15) is 0 Å². The topological polar surface area (TPSA) is 15.6 Å². The van der Waals surface area contributed by atoms with Gasteiger partial charge in [0.25, 0.3) is 0 Å². The molecule has 0 aliphatic carbocycles. The Morgan fingerprint density at radius 3 is 2.23 bits per heavy atom. The fraction of sp³-hybridized carbons (Fsp3) is 0.300. The Hall–Kier alpha value is -1.02. The second-order valence-corrected chi connectivity index (χ2v) is 3.48. The molecule has 0 fully saturated rings. The van der Waals surface area contributed by atoms with Crippen molar-refractivity contribution in [2.75, 3.05) is 14.1 Å². The van der Waals surface area contributed by atoms with Crippen LogP contribution in [0.15, 0.2) is 29.4 Å². The minimum Gasteiger partial charge on any atom is -0.303 e. The highest BCUT2D eigenvalue weighted by molar-refractivity contribution is 6.30. The first-order chi connectivity index (χ1) is 6.09. The lowest BCUT2D eigenvalue weighted by molar-refractivity contribution is 0.438. The Balaban J connectivity index is 2.89. The van der Waals surface area contributed by atoms with Gasteiger partial charge in [-0.05, 0) is 24.6 Å². The van der Waals surface area contributed by atoms with E-state index in [9.17, 15) is 0 Å². The van der Waals surface area contributed by atoms with E-state index in [0.717, 1.165) is 16.3 Å². The number of nitrogens with zero attached hydrogens (tertiary/aromatic N) is 2. The summed E-state index contributed by atoms with van der Waals surface area (Å²) < 4.78 is 0. The van der Waals surface area contributed by atoms with Crippen LogP contribution >= 0.6 is 11.6 Å². The van der Waals surface area contributed by atoms with Crippen LogP contribution in [0.4, 0.5) is 0 Å². The van der Waals surface area contributed by atoms with E-state index in [1.54, 1.807) is 5.01 Å². The van der Waals surface area contributed by atoms with Gasteiger partial charge in [0, 0.05) is 19.1 Å². The van der Waals surface area contributed by atoms with E-state index in [1.165, 1.54) is 0 Å². The second-order valence-electron chi connectivity index (χ2n) is 3.04. The first-order valence-electron chi connectivity index (χ1n) is 4.08. The van der Waals surface area contributed by atoms with Gasteiger partial charge in [-0.25, -0.2) is 0 Å². The van der Waals surface area contributed by atoms with E-state index in [-0.39, 0.29) is 0 Å². The van der Waals surface area contributed by atoms with Crippen molar-refractivity contribution >= 4 is 17.3 Å². The molecule has 2 nitrogen and oxygen atoms in total. The fourth-order valence-electron chi connectivity index (χ4n) is 1.05. The van der Waals surface area contributed by atoms with Crippen LogP contribution in [0.1, 0.15) is 12.5 Å².